The summed E-state index contributed by atoms with van der Waals surface area (Å²) in [5.41, 5.74) is 0. The first-order valence-electron chi connectivity index (χ1n) is 5.38. The normalized spacial score (nSPS) is 10.8. The van der Waals surface area contributed by atoms with Gasteiger partial charge in [0.05, 0.1) is 6.61 Å². The van der Waals surface area contributed by atoms with Crippen molar-refractivity contribution >= 4 is 0 Å². The molecule has 0 radical (unpaired) electrons. The molecule has 0 atom stereocenters. The second kappa shape index (κ2) is 10.7. The predicted octanol–water partition coefficient (Wildman–Crippen LogP) is 1.12. The van der Waals surface area contributed by atoms with Crippen LogP contribution in [0.3, 0.4) is 0 Å². The van der Waals surface area contributed by atoms with Gasteiger partial charge in [-0.1, -0.05) is 13.0 Å². The fourth-order valence-corrected chi connectivity index (χ4v) is 1.24. The molecule has 0 bridgehead atoms. The summed E-state index contributed by atoms with van der Waals surface area (Å²) in [7, 11) is 1.74. The number of nitrogens with zero attached hydrogens (tertiary/aromatic N) is 1. The Kier molecular flexibility index (Phi) is 10.4. The lowest BCUT2D eigenvalue weighted by molar-refractivity contribution is 0.154. The van der Waals surface area contributed by atoms with E-state index in [0.717, 1.165) is 39.3 Å². The third kappa shape index (κ3) is 8.23. The van der Waals surface area contributed by atoms with Crippen molar-refractivity contribution in [3.8, 4) is 0 Å². The largest absolute Gasteiger partial charge is 0.383 e. The maximum Gasteiger partial charge on any atom is 0.0589 e. The molecule has 0 saturated carbocycles. The summed E-state index contributed by atoms with van der Waals surface area (Å²) in [6, 6.07) is 0. The first-order valence-corrected chi connectivity index (χ1v) is 5.38. The molecule has 0 amide bonds. The monoisotopic (exact) mass is 200 g/mol. The van der Waals surface area contributed by atoms with Crippen LogP contribution < -0.4 is 5.32 Å². The van der Waals surface area contributed by atoms with Gasteiger partial charge < -0.3 is 10.1 Å². The third-order valence-electron chi connectivity index (χ3n) is 2.03. The van der Waals surface area contributed by atoms with Crippen molar-refractivity contribution in [2.75, 3.05) is 46.4 Å². The Labute approximate surface area is 88.1 Å². The zero-order valence-corrected chi connectivity index (χ0v) is 9.59. The minimum absolute atomic E-state index is 0.793. The van der Waals surface area contributed by atoms with Gasteiger partial charge in [-0.05, 0) is 13.0 Å². The highest BCUT2D eigenvalue weighted by atomic mass is 16.5. The molecular weight excluding hydrogens is 176 g/mol. The van der Waals surface area contributed by atoms with Crippen LogP contribution in [0.25, 0.3) is 0 Å². The topological polar surface area (TPSA) is 24.5 Å². The zero-order chi connectivity index (χ0) is 10.6. The van der Waals surface area contributed by atoms with Gasteiger partial charge in [-0.25, -0.2) is 0 Å². The lowest BCUT2D eigenvalue weighted by Gasteiger charge is -2.20. The number of hydrogen-bond donors (Lipinski definition) is 1. The van der Waals surface area contributed by atoms with Gasteiger partial charge in [-0.3, -0.25) is 4.90 Å². The highest BCUT2D eigenvalue weighted by molar-refractivity contribution is 4.73. The van der Waals surface area contributed by atoms with Crippen LogP contribution in [0, 0.1) is 0 Å². The van der Waals surface area contributed by atoms with E-state index in [4.69, 9.17) is 4.74 Å². The molecule has 0 aliphatic heterocycles. The van der Waals surface area contributed by atoms with Gasteiger partial charge in [0, 0.05) is 33.3 Å². The molecule has 14 heavy (non-hydrogen) atoms. The predicted molar refractivity (Wildman–Crippen MR) is 61.7 cm³/mol. The van der Waals surface area contributed by atoms with E-state index in [9.17, 15) is 0 Å². The van der Waals surface area contributed by atoms with Crippen LogP contribution in [0.5, 0.6) is 0 Å². The lowest BCUT2D eigenvalue weighted by Crippen LogP contribution is -2.34. The van der Waals surface area contributed by atoms with Crippen LogP contribution >= 0.6 is 0 Å². The van der Waals surface area contributed by atoms with E-state index in [0.29, 0.717) is 0 Å². The average molecular weight is 200 g/mol. The maximum absolute atomic E-state index is 5.05. The fourth-order valence-electron chi connectivity index (χ4n) is 1.24. The van der Waals surface area contributed by atoms with Crippen molar-refractivity contribution in [3.05, 3.63) is 12.7 Å². The Hall–Kier alpha value is -0.380. The zero-order valence-electron chi connectivity index (χ0n) is 9.59. The summed E-state index contributed by atoms with van der Waals surface area (Å²) >= 11 is 0. The van der Waals surface area contributed by atoms with Gasteiger partial charge in [-0.2, -0.15) is 0 Å². The number of hydrogen-bond acceptors (Lipinski definition) is 3. The van der Waals surface area contributed by atoms with Gasteiger partial charge in [0.15, 0.2) is 0 Å². The van der Waals surface area contributed by atoms with E-state index in [1.807, 2.05) is 6.08 Å². The fraction of sp³-hybridized carbons (Fsp3) is 0.818. The first kappa shape index (κ1) is 13.6. The molecule has 0 aromatic carbocycles. The molecule has 0 aromatic heterocycles. The van der Waals surface area contributed by atoms with E-state index in [2.05, 4.69) is 23.7 Å². The van der Waals surface area contributed by atoms with E-state index in [1.54, 1.807) is 7.11 Å². The Morgan fingerprint density at radius 3 is 2.71 bits per heavy atom. The number of rotatable bonds is 10. The molecular formula is C11H24N2O. The Morgan fingerprint density at radius 1 is 1.36 bits per heavy atom. The van der Waals surface area contributed by atoms with Crippen LogP contribution in [-0.2, 0) is 4.74 Å². The maximum atomic E-state index is 5.05. The van der Waals surface area contributed by atoms with Crippen molar-refractivity contribution in [1.29, 1.82) is 0 Å². The molecule has 0 aromatic rings. The Balaban J connectivity index is 3.45. The van der Waals surface area contributed by atoms with Crippen molar-refractivity contribution in [2.24, 2.45) is 0 Å². The summed E-state index contributed by atoms with van der Waals surface area (Å²) in [4.78, 5) is 2.33. The highest BCUT2D eigenvalue weighted by Gasteiger charge is 2.00. The quantitative estimate of drug-likeness (QED) is 0.422. The molecule has 0 aliphatic carbocycles. The summed E-state index contributed by atoms with van der Waals surface area (Å²) in [6.07, 6.45) is 3.13. The van der Waals surface area contributed by atoms with Crippen LogP contribution in [0.1, 0.15) is 13.3 Å². The molecule has 1 N–H and O–H groups in total. The summed E-state index contributed by atoms with van der Waals surface area (Å²) < 4.78 is 5.05. The lowest BCUT2D eigenvalue weighted by atomic mass is 10.4. The van der Waals surface area contributed by atoms with Crippen LogP contribution in [0.2, 0.25) is 0 Å². The highest BCUT2D eigenvalue weighted by Crippen LogP contribution is 1.88. The molecule has 0 unspecified atom stereocenters. The van der Waals surface area contributed by atoms with E-state index >= 15 is 0 Å². The van der Waals surface area contributed by atoms with Crippen molar-refractivity contribution < 1.29 is 4.74 Å². The number of methoxy groups -OCH3 is 1. The number of nitrogens with one attached hydrogen (secondary N) is 1. The second-order valence-corrected chi connectivity index (χ2v) is 3.33. The van der Waals surface area contributed by atoms with Gasteiger partial charge in [0.2, 0.25) is 0 Å². The van der Waals surface area contributed by atoms with Gasteiger partial charge >= 0.3 is 0 Å². The minimum Gasteiger partial charge on any atom is -0.383 e. The first-order chi connectivity index (χ1) is 6.85. The van der Waals surface area contributed by atoms with Crippen LogP contribution in [0.4, 0.5) is 0 Å². The second-order valence-electron chi connectivity index (χ2n) is 3.33. The molecule has 84 valence electrons. The molecule has 3 heteroatoms. The van der Waals surface area contributed by atoms with Crippen LogP contribution in [-0.4, -0.2) is 51.3 Å². The van der Waals surface area contributed by atoms with E-state index in [-0.39, 0.29) is 0 Å². The van der Waals surface area contributed by atoms with Crippen molar-refractivity contribution in [1.82, 2.24) is 10.2 Å². The van der Waals surface area contributed by atoms with Gasteiger partial charge in [-0.15, -0.1) is 6.58 Å². The van der Waals surface area contributed by atoms with Crippen LogP contribution in [0.15, 0.2) is 12.7 Å². The summed E-state index contributed by atoms with van der Waals surface area (Å²) in [5.74, 6) is 0. The molecule has 3 nitrogen and oxygen atoms in total. The smallest absolute Gasteiger partial charge is 0.0589 e. The summed E-state index contributed by atoms with van der Waals surface area (Å²) in [6.45, 7) is 11.9. The SMILES string of the molecule is C=CCN(CCNCCC)CCOC. The Bertz CT molecular complexity index is 128. The molecule has 0 rings (SSSR count). The molecule has 0 fully saturated rings. The minimum atomic E-state index is 0.793. The average Bonchev–Trinajstić information content (AvgIpc) is 2.20. The molecule has 0 heterocycles. The third-order valence-corrected chi connectivity index (χ3v) is 2.03. The standard InChI is InChI=1S/C11H24N2O/c1-4-6-12-7-9-13(8-5-2)10-11-14-3/h5,12H,2,4,6-11H2,1,3H3. The van der Waals surface area contributed by atoms with Gasteiger partial charge in [0.25, 0.3) is 0 Å². The van der Waals surface area contributed by atoms with E-state index in [1.165, 1.54) is 6.42 Å². The summed E-state index contributed by atoms with van der Waals surface area (Å²) in [5, 5.41) is 3.38. The molecule has 0 spiro atoms. The van der Waals surface area contributed by atoms with E-state index < -0.39 is 0 Å². The van der Waals surface area contributed by atoms with Crippen molar-refractivity contribution in [3.63, 3.8) is 0 Å². The molecule has 0 aliphatic rings. The molecule has 0 saturated heterocycles. The Morgan fingerprint density at radius 2 is 2.14 bits per heavy atom. The number of ether oxygens (including phenoxy) is 1. The van der Waals surface area contributed by atoms with Crippen molar-refractivity contribution in [2.45, 2.75) is 13.3 Å². The van der Waals surface area contributed by atoms with Gasteiger partial charge in [0.1, 0.15) is 0 Å².